The Kier molecular flexibility index (Phi) is 3.69. The highest BCUT2D eigenvalue weighted by Gasteiger charge is 2.32. The van der Waals surface area contributed by atoms with Crippen molar-refractivity contribution in [3.8, 4) is 45.4 Å². The molecule has 6 nitrogen and oxygen atoms in total. The van der Waals surface area contributed by atoms with Gasteiger partial charge in [0.25, 0.3) is 0 Å². The summed E-state index contributed by atoms with van der Waals surface area (Å²) in [6, 6.07) is 23.8. The Morgan fingerprint density at radius 1 is 0.786 bits per heavy atom. The highest BCUT2D eigenvalue weighted by Crippen LogP contribution is 2.38. The Labute approximate surface area is 161 Å². The largest absolute Gasteiger partial charge is 0.710 e. The van der Waals surface area contributed by atoms with Crippen molar-refractivity contribution in [3.05, 3.63) is 84.1 Å². The number of benzene rings is 3. The summed E-state index contributed by atoms with van der Waals surface area (Å²) in [5.41, 5.74) is 2.78. The van der Waals surface area contributed by atoms with Crippen molar-refractivity contribution in [2.45, 2.75) is 0 Å². The normalized spacial score (nSPS) is 12.3. The van der Waals surface area contributed by atoms with E-state index in [0.29, 0.717) is 34.0 Å². The van der Waals surface area contributed by atoms with Crippen molar-refractivity contribution < 1.29 is 19.4 Å². The lowest BCUT2D eigenvalue weighted by Gasteiger charge is -2.07. The fraction of sp³-hybridized carbons (Fsp3) is 0.0455. The zero-order valence-corrected chi connectivity index (χ0v) is 14.8. The first kappa shape index (κ1) is 16.3. The molecule has 3 aromatic carbocycles. The second-order valence-electron chi connectivity index (χ2n) is 6.43. The van der Waals surface area contributed by atoms with E-state index in [4.69, 9.17) is 9.47 Å². The zero-order chi connectivity index (χ0) is 19.1. The van der Waals surface area contributed by atoms with Crippen molar-refractivity contribution >= 4 is 0 Å². The van der Waals surface area contributed by atoms with E-state index in [9.17, 15) is 10.4 Å². The van der Waals surface area contributed by atoms with E-state index in [1.54, 1.807) is 18.2 Å². The maximum absolute atomic E-state index is 13.3. The first-order valence-electron chi connectivity index (χ1n) is 8.82. The molecule has 0 radical (unpaired) electrons. The van der Waals surface area contributed by atoms with Crippen LogP contribution in [0.2, 0.25) is 0 Å². The molecule has 1 N–H and O–H groups in total. The van der Waals surface area contributed by atoms with Crippen LogP contribution >= 0.6 is 0 Å². The van der Waals surface area contributed by atoms with Crippen molar-refractivity contribution in [3.63, 3.8) is 0 Å². The van der Waals surface area contributed by atoms with E-state index in [0.717, 1.165) is 15.0 Å². The summed E-state index contributed by atoms with van der Waals surface area (Å²) in [6.07, 6.45) is 0. The Bertz CT molecular complexity index is 1090. The van der Waals surface area contributed by atoms with Gasteiger partial charge in [0.15, 0.2) is 17.2 Å². The number of nitrogens with zero attached hydrogens (tertiary/aromatic N) is 2. The number of aromatic nitrogens is 2. The third-order valence-electron chi connectivity index (χ3n) is 4.76. The molecule has 0 amide bonds. The molecule has 5 rings (SSSR count). The summed E-state index contributed by atoms with van der Waals surface area (Å²) < 4.78 is 12.5. The van der Waals surface area contributed by atoms with Gasteiger partial charge in [-0.25, -0.2) is 4.73 Å². The van der Waals surface area contributed by atoms with E-state index in [1.807, 2.05) is 60.7 Å². The van der Waals surface area contributed by atoms with Gasteiger partial charge < -0.3 is 19.9 Å². The van der Waals surface area contributed by atoms with Crippen LogP contribution in [0.5, 0.6) is 11.5 Å². The second-order valence-corrected chi connectivity index (χ2v) is 6.43. The summed E-state index contributed by atoms with van der Waals surface area (Å²) in [7, 11) is 0. The third kappa shape index (κ3) is 2.46. The molecule has 1 aromatic heterocycles. The number of imidazole rings is 1. The lowest BCUT2D eigenvalue weighted by molar-refractivity contribution is -0.582. The molecule has 0 fully saturated rings. The van der Waals surface area contributed by atoms with Gasteiger partial charge in [0.2, 0.25) is 12.5 Å². The number of hydrogen-bond donors (Lipinski definition) is 1. The molecule has 6 heteroatoms. The molecule has 4 aromatic rings. The SMILES string of the molecule is [O-][n+]1c(-c2ccccc2)c(-c2ccccc2)n(O)c1-c1ccc2c(c1)OCO2. The molecule has 0 saturated heterocycles. The van der Waals surface area contributed by atoms with Gasteiger partial charge in [-0.3, -0.25) is 0 Å². The molecule has 1 aliphatic heterocycles. The van der Waals surface area contributed by atoms with Crippen LogP contribution in [0.1, 0.15) is 0 Å². The zero-order valence-electron chi connectivity index (χ0n) is 14.8. The minimum Gasteiger partial charge on any atom is -0.710 e. The molecule has 0 unspecified atom stereocenters. The van der Waals surface area contributed by atoms with Crippen LogP contribution in [0.25, 0.3) is 33.9 Å². The van der Waals surface area contributed by atoms with Crippen LogP contribution in [-0.4, -0.2) is 16.7 Å². The molecular weight excluding hydrogens is 356 g/mol. The van der Waals surface area contributed by atoms with Crippen molar-refractivity contribution in [2.24, 2.45) is 0 Å². The average Bonchev–Trinajstić information content (AvgIpc) is 3.30. The first-order valence-corrected chi connectivity index (χ1v) is 8.82. The molecule has 0 saturated carbocycles. The average molecular weight is 372 g/mol. The van der Waals surface area contributed by atoms with Crippen LogP contribution in [-0.2, 0) is 0 Å². The highest BCUT2D eigenvalue weighted by molar-refractivity contribution is 5.79. The summed E-state index contributed by atoms with van der Waals surface area (Å²) in [5.74, 6) is 1.26. The quantitative estimate of drug-likeness (QED) is 0.334. The number of rotatable bonds is 3. The topological polar surface area (TPSA) is 70.6 Å². The predicted octanol–water partition coefficient (Wildman–Crippen LogP) is 4.09. The highest BCUT2D eigenvalue weighted by atomic mass is 16.7. The van der Waals surface area contributed by atoms with E-state index in [-0.39, 0.29) is 12.6 Å². The molecule has 0 aliphatic carbocycles. The molecule has 0 bridgehead atoms. The fourth-order valence-corrected chi connectivity index (χ4v) is 3.47. The molecule has 28 heavy (non-hydrogen) atoms. The smallest absolute Gasteiger partial charge is 0.332 e. The lowest BCUT2D eigenvalue weighted by Crippen LogP contribution is -2.30. The fourth-order valence-electron chi connectivity index (χ4n) is 3.47. The van der Waals surface area contributed by atoms with Crippen molar-refractivity contribution in [2.75, 3.05) is 6.79 Å². The van der Waals surface area contributed by atoms with Crippen molar-refractivity contribution in [1.29, 1.82) is 0 Å². The van der Waals surface area contributed by atoms with Gasteiger partial charge in [-0.05, 0) is 22.9 Å². The van der Waals surface area contributed by atoms with Crippen LogP contribution in [0.3, 0.4) is 0 Å². The van der Waals surface area contributed by atoms with Gasteiger partial charge in [0, 0.05) is 11.1 Å². The van der Waals surface area contributed by atoms with Gasteiger partial charge in [-0.1, -0.05) is 60.7 Å². The first-order chi connectivity index (χ1) is 13.7. The molecule has 1 aliphatic rings. The van der Waals surface area contributed by atoms with E-state index >= 15 is 0 Å². The monoisotopic (exact) mass is 372 g/mol. The maximum Gasteiger partial charge on any atom is 0.332 e. The van der Waals surface area contributed by atoms with Crippen LogP contribution in [0.15, 0.2) is 78.9 Å². The Morgan fingerprint density at radius 3 is 2.14 bits per heavy atom. The molecular formula is C22H16N2O4. The van der Waals surface area contributed by atoms with Crippen LogP contribution < -0.4 is 14.2 Å². The Balaban J connectivity index is 1.79. The second kappa shape index (κ2) is 6.35. The standard InChI is InChI=1S/C22H16N2O4/c25-23-20(15-7-3-1-4-8-15)21(16-9-5-2-6-10-16)24(26)22(23)17-11-12-18-19(13-17)28-14-27-18/h1-13,25H,14H2. The van der Waals surface area contributed by atoms with Gasteiger partial charge in [0.1, 0.15) is 0 Å². The summed E-state index contributed by atoms with van der Waals surface area (Å²) >= 11 is 0. The molecule has 0 spiro atoms. The molecule has 0 atom stereocenters. The number of hydrogen-bond acceptors (Lipinski definition) is 4. The van der Waals surface area contributed by atoms with E-state index < -0.39 is 0 Å². The van der Waals surface area contributed by atoms with E-state index in [2.05, 4.69) is 0 Å². The maximum atomic E-state index is 13.3. The van der Waals surface area contributed by atoms with Gasteiger partial charge in [0.05, 0.1) is 5.56 Å². The minimum absolute atomic E-state index is 0.107. The summed E-state index contributed by atoms with van der Waals surface area (Å²) in [5, 5.41) is 24.4. The molecule has 2 heterocycles. The lowest BCUT2D eigenvalue weighted by atomic mass is 10.1. The molecule has 138 valence electrons. The van der Waals surface area contributed by atoms with Crippen molar-refractivity contribution in [1.82, 2.24) is 4.73 Å². The van der Waals surface area contributed by atoms with E-state index in [1.165, 1.54) is 0 Å². The van der Waals surface area contributed by atoms with Crippen LogP contribution in [0.4, 0.5) is 0 Å². The summed E-state index contributed by atoms with van der Waals surface area (Å²) in [6.45, 7) is 0.140. The van der Waals surface area contributed by atoms with Gasteiger partial charge in [-0.15, -0.1) is 0 Å². The predicted molar refractivity (Wildman–Crippen MR) is 103 cm³/mol. The Hall–Kier alpha value is -3.93. The van der Waals surface area contributed by atoms with Gasteiger partial charge in [-0.2, -0.15) is 0 Å². The van der Waals surface area contributed by atoms with Gasteiger partial charge >= 0.3 is 5.82 Å². The van der Waals surface area contributed by atoms with Crippen LogP contribution in [0, 0.1) is 5.21 Å². The summed E-state index contributed by atoms with van der Waals surface area (Å²) in [4.78, 5) is 0. The Morgan fingerprint density at radius 2 is 1.43 bits per heavy atom. The third-order valence-corrected chi connectivity index (χ3v) is 4.76. The number of fused-ring (bicyclic) bond motifs is 1. The number of ether oxygens (including phenoxy) is 2. The minimum atomic E-state index is 0.107.